The van der Waals surface area contributed by atoms with Crippen LogP contribution in [0.2, 0.25) is 4.34 Å². The fourth-order valence-corrected chi connectivity index (χ4v) is 7.46. The molecule has 0 saturated carbocycles. The van der Waals surface area contributed by atoms with Gasteiger partial charge in [-0.1, -0.05) is 37.1 Å². The standard InChI is InChI=1S/C17H21ClN2O4S3/c1-2-3-14-4-6-15(7-5-14)26(21,22)19-10-12-20(13-11-19)27(23,24)17-9-8-16(18)25-17/h4-9H,2-3,10-13H2,1H3. The molecule has 0 aliphatic carbocycles. The van der Waals surface area contributed by atoms with Gasteiger partial charge < -0.3 is 0 Å². The molecule has 3 rings (SSSR count). The molecule has 0 amide bonds. The largest absolute Gasteiger partial charge is 0.252 e. The molecule has 6 nitrogen and oxygen atoms in total. The maximum Gasteiger partial charge on any atom is 0.252 e. The highest BCUT2D eigenvalue weighted by Crippen LogP contribution is 2.29. The van der Waals surface area contributed by atoms with Crippen molar-refractivity contribution in [3.63, 3.8) is 0 Å². The zero-order valence-corrected chi connectivity index (χ0v) is 18.0. The van der Waals surface area contributed by atoms with Crippen molar-refractivity contribution in [3.8, 4) is 0 Å². The third-order valence-electron chi connectivity index (χ3n) is 4.44. The first-order chi connectivity index (χ1) is 12.7. The van der Waals surface area contributed by atoms with Gasteiger partial charge in [0.05, 0.1) is 9.23 Å². The number of thiophene rings is 1. The fourth-order valence-electron chi connectivity index (χ4n) is 2.98. The van der Waals surface area contributed by atoms with E-state index < -0.39 is 20.0 Å². The van der Waals surface area contributed by atoms with Crippen molar-refractivity contribution in [2.45, 2.75) is 28.9 Å². The van der Waals surface area contributed by atoms with Crippen molar-refractivity contribution >= 4 is 43.0 Å². The van der Waals surface area contributed by atoms with Gasteiger partial charge in [0, 0.05) is 26.2 Å². The van der Waals surface area contributed by atoms with Crippen LogP contribution in [0.25, 0.3) is 0 Å². The monoisotopic (exact) mass is 448 g/mol. The summed E-state index contributed by atoms with van der Waals surface area (Å²) in [5.74, 6) is 0. The van der Waals surface area contributed by atoms with E-state index in [4.69, 9.17) is 11.6 Å². The Balaban J connectivity index is 1.71. The number of hydrogen-bond donors (Lipinski definition) is 0. The second-order valence-electron chi connectivity index (χ2n) is 6.26. The van der Waals surface area contributed by atoms with E-state index in [1.807, 2.05) is 12.1 Å². The number of aryl methyl sites for hydroxylation is 1. The Morgan fingerprint density at radius 2 is 1.44 bits per heavy atom. The molecule has 1 aliphatic heterocycles. The van der Waals surface area contributed by atoms with Gasteiger partial charge in [0.1, 0.15) is 4.21 Å². The van der Waals surface area contributed by atoms with Crippen LogP contribution in [0.5, 0.6) is 0 Å². The third-order valence-corrected chi connectivity index (χ3v) is 9.95. The van der Waals surface area contributed by atoms with Gasteiger partial charge >= 0.3 is 0 Å². The van der Waals surface area contributed by atoms with Crippen LogP contribution in [-0.2, 0) is 26.5 Å². The zero-order valence-electron chi connectivity index (χ0n) is 14.8. The summed E-state index contributed by atoms with van der Waals surface area (Å²) in [4.78, 5) is 0.240. The molecule has 0 atom stereocenters. The Kier molecular flexibility index (Phi) is 6.29. The van der Waals surface area contributed by atoms with Crippen molar-refractivity contribution in [2.24, 2.45) is 0 Å². The second-order valence-corrected chi connectivity index (χ2v) is 12.1. The highest BCUT2D eigenvalue weighted by atomic mass is 35.5. The smallest absolute Gasteiger partial charge is 0.207 e. The number of sulfonamides is 2. The van der Waals surface area contributed by atoms with Crippen LogP contribution in [0.3, 0.4) is 0 Å². The maximum absolute atomic E-state index is 12.8. The lowest BCUT2D eigenvalue weighted by atomic mass is 10.1. The highest BCUT2D eigenvalue weighted by Gasteiger charge is 2.34. The van der Waals surface area contributed by atoms with Crippen molar-refractivity contribution in [2.75, 3.05) is 26.2 Å². The molecule has 27 heavy (non-hydrogen) atoms. The fraction of sp³-hybridized carbons (Fsp3) is 0.412. The lowest BCUT2D eigenvalue weighted by Crippen LogP contribution is -2.50. The summed E-state index contributed by atoms with van der Waals surface area (Å²) in [7, 11) is -7.27. The van der Waals surface area contributed by atoms with E-state index in [2.05, 4.69) is 6.92 Å². The Hall–Kier alpha value is -0.970. The van der Waals surface area contributed by atoms with Crippen LogP contribution in [0.4, 0.5) is 0 Å². The number of nitrogens with zero attached hydrogens (tertiary/aromatic N) is 2. The van der Waals surface area contributed by atoms with Crippen LogP contribution in [0.1, 0.15) is 18.9 Å². The molecule has 1 saturated heterocycles. The molecule has 0 unspecified atom stereocenters. The van der Waals surface area contributed by atoms with Gasteiger partial charge in [-0.2, -0.15) is 8.61 Å². The molecule has 1 aliphatic rings. The van der Waals surface area contributed by atoms with E-state index >= 15 is 0 Å². The van der Waals surface area contributed by atoms with Crippen molar-refractivity contribution in [3.05, 3.63) is 46.3 Å². The summed E-state index contributed by atoms with van der Waals surface area (Å²) in [6.45, 7) is 2.55. The van der Waals surface area contributed by atoms with Gasteiger partial charge in [-0.25, -0.2) is 16.8 Å². The quantitative estimate of drug-likeness (QED) is 0.680. The van der Waals surface area contributed by atoms with E-state index in [9.17, 15) is 16.8 Å². The minimum atomic E-state index is -3.64. The lowest BCUT2D eigenvalue weighted by molar-refractivity contribution is 0.273. The summed E-state index contributed by atoms with van der Waals surface area (Å²) in [5.41, 5.74) is 1.10. The van der Waals surface area contributed by atoms with Gasteiger partial charge in [-0.3, -0.25) is 0 Å². The molecule has 10 heteroatoms. The molecular formula is C17H21ClN2O4S3. The minimum Gasteiger partial charge on any atom is -0.207 e. The minimum absolute atomic E-state index is 0.116. The van der Waals surface area contributed by atoms with Gasteiger partial charge in [-0.05, 0) is 36.2 Å². The van der Waals surface area contributed by atoms with Crippen LogP contribution >= 0.6 is 22.9 Å². The van der Waals surface area contributed by atoms with Crippen LogP contribution in [-0.4, -0.2) is 51.6 Å². The molecule has 1 fully saturated rings. The summed E-state index contributed by atoms with van der Waals surface area (Å²) >= 11 is 6.84. The highest BCUT2D eigenvalue weighted by molar-refractivity contribution is 7.91. The van der Waals surface area contributed by atoms with Gasteiger partial charge in [-0.15, -0.1) is 11.3 Å². The molecule has 1 aromatic carbocycles. The molecule has 0 bridgehead atoms. The van der Waals surface area contributed by atoms with Gasteiger partial charge in [0.2, 0.25) is 10.0 Å². The van der Waals surface area contributed by atoms with Crippen molar-refractivity contribution in [1.29, 1.82) is 0 Å². The predicted molar refractivity (Wildman–Crippen MR) is 107 cm³/mol. The number of benzene rings is 1. The molecule has 148 valence electrons. The number of rotatable bonds is 6. The van der Waals surface area contributed by atoms with Crippen molar-refractivity contribution < 1.29 is 16.8 Å². The summed E-state index contributed by atoms with van der Waals surface area (Å²) < 4.78 is 54.2. The van der Waals surface area contributed by atoms with Gasteiger partial charge in [0.15, 0.2) is 0 Å². The molecule has 0 radical (unpaired) electrons. The number of piperazine rings is 1. The zero-order chi connectivity index (χ0) is 19.7. The summed E-state index contributed by atoms with van der Waals surface area (Å²) in [5, 5.41) is 0. The topological polar surface area (TPSA) is 74.8 Å². The number of hydrogen-bond acceptors (Lipinski definition) is 5. The van der Waals surface area contributed by atoms with Crippen molar-refractivity contribution in [1.82, 2.24) is 8.61 Å². The average Bonchev–Trinajstić information content (AvgIpc) is 3.10. The Bertz CT molecular complexity index is 993. The van der Waals surface area contributed by atoms with Crippen LogP contribution in [0.15, 0.2) is 45.5 Å². The van der Waals surface area contributed by atoms with E-state index in [1.165, 1.54) is 14.7 Å². The summed E-state index contributed by atoms with van der Waals surface area (Å²) in [6, 6.07) is 9.93. The number of halogens is 1. The molecule has 2 heterocycles. The summed E-state index contributed by atoms with van der Waals surface area (Å²) in [6.07, 6.45) is 1.90. The Labute approximate surface area is 169 Å². The lowest BCUT2D eigenvalue weighted by Gasteiger charge is -2.33. The normalized spacial score (nSPS) is 17.3. The van der Waals surface area contributed by atoms with E-state index in [0.717, 1.165) is 29.7 Å². The first kappa shape index (κ1) is 20.8. The molecule has 0 spiro atoms. The van der Waals surface area contributed by atoms with E-state index in [0.29, 0.717) is 4.34 Å². The maximum atomic E-state index is 12.8. The third kappa shape index (κ3) is 4.38. The van der Waals surface area contributed by atoms with Crippen LogP contribution in [0, 0.1) is 0 Å². The first-order valence-electron chi connectivity index (χ1n) is 8.59. The van der Waals surface area contributed by atoms with E-state index in [-0.39, 0.29) is 35.3 Å². The van der Waals surface area contributed by atoms with Gasteiger partial charge in [0.25, 0.3) is 10.0 Å². The Morgan fingerprint density at radius 1 is 0.889 bits per heavy atom. The molecule has 2 aromatic rings. The molecular weight excluding hydrogens is 428 g/mol. The van der Waals surface area contributed by atoms with E-state index in [1.54, 1.807) is 18.2 Å². The average molecular weight is 449 g/mol. The first-order valence-corrected chi connectivity index (χ1v) is 12.7. The molecule has 0 N–H and O–H groups in total. The SMILES string of the molecule is CCCc1ccc(S(=O)(=O)N2CCN(S(=O)(=O)c3ccc(Cl)s3)CC2)cc1. The molecule has 1 aromatic heterocycles. The Morgan fingerprint density at radius 3 is 1.93 bits per heavy atom. The van der Waals surface area contributed by atoms with Crippen LogP contribution < -0.4 is 0 Å². The predicted octanol–water partition coefficient (Wildman–Crippen LogP) is 3.05. The second kappa shape index (κ2) is 8.18.